The van der Waals surface area contributed by atoms with Crippen LogP contribution in [0.15, 0.2) is 36.7 Å². The molecule has 1 aromatic carbocycles. The minimum Gasteiger partial charge on any atom is -0.497 e. The predicted octanol–water partition coefficient (Wildman–Crippen LogP) is 3.00. The van der Waals surface area contributed by atoms with Gasteiger partial charge in [0.25, 0.3) is 0 Å². The Kier molecular flexibility index (Phi) is 3.91. The summed E-state index contributed by atoms with van der Waals surface area (Å²) in [6.45, 7) is 4.11. The molecule has 0 aliphatic carbocycles. The molecule has 6 heteroatoms. The molecule has 0 aliphatic rings. The lowest BCUT2D eigenvalue weighted by Gasteiger charge is -2.19. The fraction of sp³-hybridized carbons (Fsp3) is 0.312. The molecule has 1 atom stereocenters. The highest BCUT2D eigenvalue weighted by Gasteiger charge is 2.13. The zero-order valence-electron chi connectivity index (χ0n) is 12.9. The summed E-state index contributed by atoms with van der Waals surface area (Å²) < 4.78 is 6.91. The van der Waals surface area contributed by atoms with Crippen LogP contribution in [0.3, 0.4) is 0 Å². The Balaban J connectivity index is 1.92. The van der Waals surface area contributed by atoms with Gasteiger partial charge < -0.3 is 10.1 Å². The number of fused-ring (bicyclic) bond motifs is 1. The topological polar surface area (TPSA) is 64.3 Å². The van der Waals surface area contributed by atoms with Crippen LogP contribution in [0.25, 0.3) is 5.65 Å². The first kappa shape index (κ1) is 14.3. The van der Waals surface area contributed by atoms with Crippen molar-refractivity contribution in [2.75, 3.05) is 12.4 Å². The SMILES string of the molecule is CCC(Nc1cc(C)nn2cnnc12)c1ccc(OC)cc1. The molecular weight excluding hydrogens is 278 g/mol. The number of anilines is 1. The van der Waals surface area contributed by atoms with Gasteiger partial charge in [-0.1, -0.05) is 19.1 Å². The normalized spacial score (nSPS) is 12.3. The van der Waals surface area contributed by atoms with E-state index in [0.717, 1.165) is 29.2 Å². The molecule has 0 saturated heterocycles. The van der Waals surface area contributed by atoms with Crippen molar-refractivity contribution < 1.29 is 4.74 Å². The molecule has 22 heavy (non-hydrogen) atoms. The van der Waals surface area contributed by atoms with Gasteiger partial charge in [-0.15, -0.1) is 10.2 Å². The molecule has 0 amide bonds. The van der Waals surface area contributed by atoms with E-state index in [4.69, 9.17) is 4.74 Å². The predicted molar refractivity (Wildman–Crippen MR) is 85.2 cm³/mol. The van der Waals surface area contributed by atoms with Crippen molar-refractivity contribution in [3.8, 4) is 5.75 Å². The highest BCUT2D eigenvalue weighted by Crippen LogP contribution is 2.26. The molecule has 3 aromatic rings. The number of aromatic nitrogens is 4. The van der Waals surface area contributed by atoms with Gasteiger partial charge in [-0.25, -0.2) is 0 Å². The maximum absolute atomic E-state index is 5.21. The molecule has 0 bridgehead atoms. The Hall–Kier alpha value is -2.63. The van der Waals surface area contributed by atoms with Crippen LogP contribution < -0.4 is 10.1 Å². The largest absolute Gasteiger partial charge is 0.497 e. The fourth-order valence-electron chi connectivity index (χ4n) is 2.50. The van der Waals surface area contributed by atoms with E-state index in [1.807, 2.05) is 25.1 Å². The van der Waals surface area contributed by atoms with Crippen molar-refractivity contribution in [2.24, 2.45) is 0 Å². The van der Waals surface area contributed by atoms with Gasteiger partial charge in [0.15, 0.2) is 0 Å². The maximum atomic E-state index is 5.21. The molecule has 0 aliphatic heterocycles. The lowest BCUT2D eigenvalue weighted by Crippen LogP contribution is -2.11. The van der Waals surface area contributed by atoms with Gasteiger partial charge in [0.05, 0.1) is 24.5 Å². The highest BCUT2D eigenvalue weighted by molar-refractivity contribution is 5.67. The first-order valence-corrected chi connectivity index (χ1v) is 7.29. The Bertz CT molecular complexity index is 766. The van der Waals surface area contributed by atoms with E-state index in [1.54, 1.807) is 18.0 Å². The number of benzene rings is 1. The van der Waals surface area contributed by atoms with Gasteiger partial charge in [-0.05, 0) is 37.1 Å². The van der Waals surface area contributed by atoms with Crippen molar-refractivity contribution in [1.29, 1.82) is 0 Å². The molecule has 0 spiro atoms. The molecule has 0 saturated carbocycles. The van der Waals surface area contributed by atoms with E-state index >= 15 is 0 Å². The van der Waals surface area contributed by atoms with E-state index in [1.165, 1.54) is 5.56 Å². The number of hydrogen-bond acceptors (Lipinski definition) is 5. The van der Waals surface area contributed by atoms with Gasteiger partial charge in [-0.3, -0.25) is 0 Å². The number of nitrogens with zero attached hydrogens (tertiary/aromatic N) is 4. The number of rotatable bonds is 5. The second-order valence-electron chi connectivity index (χ2n) is 5.18. The fourth-order valence-corrected chi connectivity index (χ4v) is 2.50. The zero-order valence-corrected chi connectivity index (χ0v) is 12.9. The van der Waals surface area contributed by atoms with Gasteiger partial charge in [0.2, 0.25) is 5.65 Å². The summed E-state index contributed by atoms with van der Waals surface area (Å²) in [6, 6.07) is 10.3. The zero-order chi connectivity index (χ0) is 15.5. The van der Waals surface area contributed by atoms with Crippen molar-refractivity contribution in [1.82, 2.24) is 19.8 Å². The molecule has 114 valence electrons. The van der Waals surface area contributed by atoms with Crippen molar-refractivity contribution in [3.05, 3.63) is 47.9 Å². The third kappa shape index (κ3) is 2.72. The number of hydrogen-bond donors (Lipinski definition) is 1. The summed E-state index contributed by atoms with van der Waals surface area (Å²) in [5, 5.41) is 16.0. The summed E-state index contributed by atoms with van der Waals surface area (Å²) in [5.41, 5.74) is 3.79. The van der Waals surface area contributed by atoms with Crippen LogP contribution in [0.4, 0.5) is 5.69 Å². The quantitative estimate of drug-likeness (QED) is 0.784. The minimum absolute atomic E-state index is 0.188. The lowest BCUT2D eigenvalue weighted by molar-refractivity contribution is 0.414. The Morgan fingerprint density at radius 2 is 2.05 bits per heavy atom. The Morgan fingerprint density at radius 3 is 2.73 bits per heavy atom. The highest BCUT2D eigenvalue weighted by atomic mass is 16.5. The summed E-state index contributed by atoms with van der Waals surface area (Å²) in [5.74, 6) is 0.859. The molecule has 0 fully saturated rings. The van der Waals surface area contributed by atoms with Crippen LogP contribution >= 0.6 is 0 Å². The Labute approximate surface area is 129 Å². The minimum atomic E-state index is 0.188. The first-order valence-electron chi connectivity index (χ1n) is 7.29. The third-order valence-corrected chi connectivity index (χ3v) is 3.65. The maximum Gasteiger partial charge on any atom is 0.200 e. The van der Waals surface area contributed by atoms with Crippen molar-refractivity contribution >= 4 is 11.3 Å². The monoisotopic (exact) mass is 297 g/mol. The number of methoxy groups -OCH3 is 1. The Morgan fingerprint density at radius 1 is 1.27 bits per heavy atom. The molecule has 6 nitrogen and oxygen atoms in total. The first-order chi connectivity index (χ1) is 10.7. The van der Waals surface area contributed by atoms with Crippen LogP contribution in [0.1, 0.15) is 30.6 Å². The summed E-state index contributed by atoms with van der Waals surface area (Å²) in [7, 11) is 1.67. The molecule has 1 N–H and O–H groups in total. The number of ether oxygens (including phenoxy) is 1. The van der Waals surface area contributed by atoms with E-state index in [-0.39, 0.29) is 6.04 Å². The molecule has 1 unspecified atom stereocenters. The molecular formula is C16H19N5O. The summed E-state index contributed by atoms with van der Waals surface area (Å²) >= 11 is 0. The van der Waals surface area contributed by atoms with E-state index in [0.29, 0.717) is 0 Å². The molecule has 3 rings (SSSR count). The van der Waals surface area contributed by atoms with E-state index < -0.39 is 0 Å². The van der Waals surface area contributed by atoms with Gasteiger partial charge in [0, 0.05) is 0 Å². The number of nitrogens with one attached hydrogen (secondary N) is 1. The molecule has 2 heterocycles. The molecule has 0 radical (unpaired) electrons. The molecule has 2 aromatic heterocycles. The summed E-state index contributed by atoms with van der Waals surface area (Å²) in [6.07, 6.45) is 2.57. The van der Waals surface area contributed by atoms with E-state index in [9.17, 15) is 0 Å². The van der Waals surface area contributed by atoms with Gasteiger partial charge >= 0.3 is 0 Å². The average molecular weight is 297 g/mol. The van der Waals surface area contributed by atoms with Crippen LogP contribution in [-0.4, -0.2) is 26.9 Å². The van der Waals surface area contributed by atoms with Crippen molar-refractivity contribution in [2.45, 2.75) is 26.3 Å². The smallest absolute Gasteiger partial charge is 0.200 e. The van der Waals surface area contributed by atoms with Crippen molar-refractivity contribution in [3.63, 3.8) is 0 Å². The third-order valence-electron chi connectivity index (χ3n) is 3.65. The lowest BCUT2D eigenvalue weighted by atomic mass is 10.0. The second-order valence-corrected chi connectivity index (χ2v) is 5.18. The average Bonchev–Trinajstić information content (AvgIpc) is 3.01. The van der Waals surface area contributed by atoms with E-state index in [2.05, 4.69) is 39.7 Å². The van der Waals surface area contributed by atoms with Gasteiger partial charge in [-0.2, -0.15) is 9.61 Å². The summed E-state index contributed by atoms with van der Waals surface area (Å²) in [4.78, 5) is 0. The van der Waals surface area contributed by atoms with Gasteiger partial charge in [0.1, 0.15) is 12.1 Å². The standard InChI is InChI=1S/C16H19N5O/c1-4-14(12-5-7-13(22-3)8-6-12)18-15-9-11(2)20-21-10-17-19-16(15)21/h5-10,14,18H,4H2,1-3H3. The number of aryl methyl sites for hydroxylation is 1. The van der Waals surface area contributed by atoms with Crippen LogP contribution in [0.5, 0.6) is 5.75 Å². The van der Waals surface area contributed by atoms with Crippen LogP contribution in [0.2, 0.25) is 0 Å². The second kappa shape index (κ2) is 6.01. The van der Waals surface area contributed by atoms with Crippen LogP contribution in [0, 0.1) is 6.92 Å². The van der Waals surface area contributed by atoms with Crippen LogP contribution in [-0.2, 0) is 0 Å².